The highest BCUT2D eigenvalue weighted by molar-refractivity contribution is 5.84. The molecule has 0 fully saturated rings. The first-order chi connectivity index (χ1) is 7.36. The van der Waals surface area contributed by atoms with Crippen LogP contribution in [0.4, 0.5) is 0 Å². The summed E-state index contributed by atoms with van der Waals surface area (Å²) in [4.78, 5) is 11.5. The van der Waals surface area contributed by atoms with Crippen molar-refractivity contribution in [2.45, 2.75) is 12.6 Å². The Labute approximate surface area is 87.7 Å². The number of carbonyl (C=O) groups is 1. The third kappa shape index (κ3) is 2.49. The van der Waals surface area contributed by atoms with E-state index in [1.807, 2.05) is 30.3 Å². The second kappa shape index (κ2) is 4.50. The lowest BCUT2D eigenvalue weighted by molar-refractivity contribution is -0.121. The van der Waals surface area contributed by atoms with Gasteiger partial charge in [-0.15, -0.1) is 0 Å². The van der Waals surface area contributed by atoms with E-state index in [4.69, 9.17) is 0 Å². The number of benzene rings is 1. The Hall–Kier alpha value is -1.97. The number of hydrogen-bond acceptors (Lipinski definition) is 3. The van der Waals surface area contributed by atoms with Crippen molar-refractivity contribution in [2.75, 3.05) is 0 Å². The molecule has 0 aliphatic carbocycles. The largest absolute Gasteiger partial charge is 0.350 e. The van der Waals surface area contributed by atoms with Crippen LogP contribution >= 0.6 is 0 Å². The van der Waals surface area contributed by atoms with Gasteiger partial charge in [-0.25, -0.2) is 0 Å². The van der Waals surface area contributed by atoms with E-state index in [0.717, 1.165) is 5.56 Å². The molecule has 0 spiro atoms. The highest BCUT2D eigenvalue weighted by Gasteiger charge is 2.15. The van der Waals surface area contributed by atoms with Crippen LogP contribution < -0.4 is 5.32 Å². The predicted octanol–water partition coefficient (Wildman–Crippen LogP) is 1.65. The maximum atomic E-state index is 11.5. The Morgan fingerprint density at radius 3 is 2.80 bits per heavy atom. The van der Waals surface area contributed by atoms with Gasteiger partial charge in [0.1, 0.15) is 0 Å². The number of nitrogens with zero attached hydrogens (tertiary/aromatic N) is 2. The number of nitrogens with one attached hydrogen (secondary N) is 1. The minimum atomic E-state index is -0.450. The Kier molecular flexibility index (Phi) is 2.88. The molecule has 1 aliphatic heterocycles. The lowest BCUT2D eigenvalue weighted by atomic mass is 10.2. The monoisotopic (exact) mass is 201 g/mol. The van der Waals surface area contributed by atoms with Crippen LogP contribution in [-0.4, -0.2) is 11.9 Å². The fourth-order valence-electron chi connectivity index (χ4n) is 1.30. The van der Waals surface area contributed by atoms with E-state index in [0.29, 0.717) is 6.54 Å². The molecule has 1 aromatic carbocycles. The fourth-order valence-corrected chi connectivity index (χ4v) is 1.30. The quantitative estimate of drug-likeness (QED) is 0.794. The highest BCUT2D eigenvalue weighted by Crippen LogP contribution is 2.04. The Balaban J connectivity index is 1.86. The molecule has 4 heteroatoms. The second-order valence-corrected chi connectivity index (χ2v) is 3.22. The van der Waals surface area contributed by atoms with Crippen molar-refractivity contribution in [2.24, 2.45) is 10.2 Å². The highest BCUT2D eigenvalue weighted by atomic mass is 16.2. The zero-order valence-corrected chi connectivity index (χ0v) is 8.13. The predicted molar refractivity (Wildman–Crippen MR) is 56.1 cm³/mol. The van der Waals surface area contributed by atoms with Crippen LogP contribution in [0, 0.1) is 0 Å². The van der Waals surface area contributed by atoms with Crippen LogP contribution in [0.5, 0.6) is 0 Å². The van der Waals surface area contributed by atoms with Crippen LogP contribution in [0.3, 0.4) is 0 Å². The average molecular weight is 201 g/mol. The Morgan fingerprint density at radius 2 is 2.13 bits per heavy atom. The molecular weight excluding hydrogens is 190 g/mol. The first-order valence-corrected chi connectivity index (χ1v) is 4.74. The summed E-state index contributed by atoms with van der Waals surface area (Å²) < 4.78 is 0. The number of amides is 1. The van der Waals surface area contributed by atoms with Gasteiger partial charge in [-0.3, -0.25) is 4.79 Å². The number of carbonyl (C=O) groups excluding carboxylic acids is 1. The van der Waals surface area contributed by atoms with Gasteiger partial charge in [0.2, 0.25) is 0 Å². The maximum absolute atomic E-state index is 11.5. The zero-order chi connectivity index (χ0) is 10.5. The molecule has 0 radical (unpaired) electrons. The van der Waals surface area contributed by atoms with Crippen molar-refractivity contribution in [3.8, 4) is 0 Å². The first-order valence-electron chi connectivity index (χ1n) is 4.74. The van der Waals surface area contributed by atoms with Gasteiger partial charge < -0.3 is 5.32 Å². The molecule has 0 aromatic heterocycles. The number of rotatable bonds is 3. The van der Waals surface area contributed by atoms with Crippen LogP contribution in [0.2, 0.25) is 0 Å². The molecule has 0 saturated carbocycles. The van der Waals surface area contributed by atoms with Crippen molar-refractivity contribution < 1.29 is 4.79 Å². The van der Waals surface area contributed by atoms with Crippen LogP contribution in [0.25, 0.3) is 0 Å². The summed E-state index contributed by atoms with van der Waals surface area (Å²) in [5, 5.41) is 10.2. The van der Waals surface area contributed by atoms with Crippen molar-refractivity contribution in [1.82, 2.24) is 5.32 Å². The van der Waals surface area contributed by atoms with Gasteiger partial charge in [0, 0.05) is 12.7 Å². The van der Waals surface area contributed by atoms with E-state index in [9.17, 15) is 4.79 Å². The summed E-state index contributed by atoms with van der Waals surface area (Å²) in [5.41, 5.74) is 1.07. The van der Waals surface area contributed by atoms with Crippen LogP contribution in [0.15, 0.2) is 52.8 Å². The van der Waals surface area contributed by atoms with E-state index < -0.39 is 6.04 Å². The molecule has 1 heterocycles. The third-order valence-electron chi connectivity index (χ3n) is 2.10. The van der Waals surface area contributed by atoms with Crippen molar-refractivity contribution >= 4 is 5.91 Å². The average Bonchev–Trinajstić information content (AvgIpc) is 2.81. The molecule has 4 nitrogen and oxygen atoms in total. The van der Waals surface area contributed by atoms with E-state index in [1.54, 1.807) is 6.08 Å². The summed E-state index contributed by atoms with van der Waals surface area (Å²) in [6.07, 6.45) is 3.20. The first kappa shape index (κ1) is 9.58. The van der Waals surface area contributed by atoms with Crippen molar-refractivity contribution in [3.63, 3.8) is 0 Å². The SMILES string of the molecule is O=C(NCc1ccccc1)[C@H]1C=CN=N1. The van der Waals surface area contributed by atoms with Gasteiger partial charge in [-0.2, -0.15) is 10.2 Å². The lowest BCUT2D eigenvalue weighted by Gasteiger charge is -2.06. The fraction of sp³-hybridized carbons (Fsp3) is 0.182. The molecule has 0 saturated heterocycles. The van der Waals surface area contributed by atoms with Crippen molar-refractivity contribution in [3.05, 3.63) is 48.2 Å². The molecule has 1 amide bonds. The number of hydrogen-bond donors (Lipinski definition) is 1. The summed E-state index contributed by atoms with van der Waals surface area (Å²) >= 11 is 0. The molecule has 15 heavy (non-hydrogen) atoms. The summed E-state index contributed by atoms with van der Waals surface area (Å²) in [6, 6.07) is 9.30. The van der Waals surface area contributed by atoms with Gasteiger partial charge in [0.05, 0.1) is 0 Å². The zero-order valence-electron chi connectivity index (χ0n) is 8.13. The van der Waals surface area contributed by atoms with E-state index in [2.05, 4.69) is 15.5 Å². The van der Waals surface area contributed by atoms with Crippen LogP contribution in [0.1, 0.15) is 5.56 Å². The summed E-state index contributed by atoms with van der Waals surface area (Å²) in [5.74, 6) is -0.114. The van der Waals surface area contributed by atoms with Crippen LogP contribution in [-0.2, 0) is 11.3 Å². The summed E-state index contributed by atoms with van der Waals surface area (Å²) in [7, 11) is 0. The van der Waals surface area contributed by atoms with E-state index in [-0.39, 0.29) is 5.91 Å². The molecule has 1 aliphatic rings. The van der Waals surface area contributed by atoms with Gasteiger partial charge in [-0.05, 0) is 11.6 Å². The standard InChI is InChI=1S/C11H11N3O/c15-11(10-6-7-13-14-10)12-8-9-4-2-1-3-5-9/h1-7,10H,8H2,(H,12,15)/t10-/m1/s1. The van der Waals surface area contributed by atoms with Gasteiger partial charge in [0.15, 0.2) is 6.04 Å². The minimum Gasteiger partial charge on any atom is -0.350 e. The van der Waals surface area contributed by atoms with E-state index in [1.165, 1.54) is 6.20 Å². The number of azo groups is 1. The van der Waals surface area contributed by atoms with E-state index >= 15 is 0 Å². The Morgan fingerprint density at radius 1 is 1.33 bits per heavy atom. The molecule has 0 unspecified atom stereocenters. The van der Waals surface area contributed by atoms with Gasteiger partial charge in [-0.1, -0.05) is 30.3 Å². The summed E-state index contributed by atoms with van der Waals surface area (Å²) in [6.45, 7) is 0.527. The lowest BCUT2D eigenvalue weighted by Crippen LogP contribution is -2.30. The van der Waals surface area contributed by atoms with Gasteiger partial charge >= 0.3 is 0 Å². The molecule has 0 bridgehead atoms. The Bertz CT molecular complexity index is 386. The minimum absolute atomic E-state index is 0.114. The molecule has 1 atom stereocenters. The third-order valence-corrected chi connectivity index (χ3v) is 2.10. The van der Waals surface area contributed by atoms with Crippen molar-refractivity contribution in [1.29, 1.82) is 0 Å². The van der Waals surface area contributed by atoms with Gasteiger partial charge in [0.25, 0.3) is 5.91 Å². The normalized spacial score (nSPS) is 18.0. The molecule has 1 N–H and O–H groups in total. The molecule has 1 aromatic rings. The molecule has 2 rings (SSSR count). The smallest absolute Gasteiger partial charge is 0.251 e. The molecular formula is C11H11N3O. The topological polar surface area (TPSA) is 53.8 Å². The maximum Gasteiger partial charge on any atom is 0.251 e. The molecule has 76 valence electrons. The second-order valence-electron chi connectivity index (χ2n) is 3.22.